The predicted molar refractivity (Wildman–Crippen MR) is 47.7 cm³/mol. The van der Waals surface area contributed by atoms with Crippen LogP contribution in [0.4, 0.5) is 0 Å². The zero-order valence-corrected chi connectivity index (χ0v) is 7.80. The Morgan fingerprint density at radius 1 is 1.25 bits per heavy atom. The minimum Gasteiger partial charge on any atom is -0.271 e. The van der Waals surface area contributed by atoms with Gasteiger partial charge in [-0.2, -0.15) is 0 Å². The summed E-state index contributed by atoms with van der Waals surface area (Å²) in [6.45, 7) is 1.69. The molecule has 0 N–H and O–H groups in total. The molecule has 0 amide bonds. The first kappa shape index (κ1) is 7.79. The van der Waals surface area contributed by atoms with Gasteiger partial charge < -0.3 is 0 Å². The third-order valence-corrected chi connectivity index (χ3v) is 2.78. The van der Waals surface area contributed by atoms with Gasteiger partial charge in [0.25, 0.3) is 0 Å². The molecule has 1 aliphatic rings. The zero-order chi connectivity index (χ0) is 8.72. The Labute approximate surface area is 75.0 Å². The molecule has 1 aromatic rings. The van der Waals surface area contributed by atoms with Gasteiger partial charge in [0.05, 0.1) is 0 Å². The zero-order valence-electron chi connectivity index (χ0n) is 6.99. The first-order valence-electron chi connectivity index (χ1n) is 4.08. The minimum absolute atomic E-state index is 0.0136. The average molecular weight is 185 g/mol. The molecule has 4 nitrogen and oxygen atoms in total. The van der Waals surface area contributed by atoms with Crippen LogP contribution >= 0.6 is 12.2 Å². The lowest BCUT2D eigenvalue weighted by Gasteiger charge is -2.14. The second-order valence-corrected chi connectivity index (χ2v) is 3.44. The number of fused-ring (bicyclic) bond motifs is 1. The number of hydrogen-bond acceptors (Lipinski definition) is 2. The molecule has 0 radical (unpaired) electrons. The van der Waals surface area contributed by atoms with Crippen LogP contribution in [0.5, 0.6) is 0 Å². The quantitative estimate of drug-likeness (QED) is 0.552. The second kappa shape index (κ2) is 2.58. The maximum absolute atomic E-state index is 11.5. The fourth-order valence-electron chi connectivity index (χ4n) is 1.59. The van der Waals surface area contributed by atoms with E-state index in [1.54, 1.807) is 11.7 Å². The maximum atomic E-state index is 11.5. The van der Waals surface area contributed by atoms with Crippen LogP contribution in [0.2, 0.25) is 0 Å². The first-order valence-corrected chi connectivity index (χ1v) is 4.49. The number of hydrogen-bond donors (Lipinski definition) is 0. The third kappa shape index (κ3) is 0.891. The van der Waals surface area contributed by atoms with E-state index in [9.17, 15) is 4.79 Å². The van der Waals surface area contributed by atoms with Crippen LogP contribution in [0.25, 0.3) is 0 Å². The number of aromatic nitrogens is 3. The van der Waals surface area contributed by atoms with E-state index >= 15 is 0 Å². The summed E-state index contributed by atoms with van der Waals surface area (Å²) in [5, 5.41) is 0. The molecule has 0 spiro atoms. The van der Waals surface area contributed by atoms with Gasteiger partial charge in [-0.3, -0.25) is 9.25 Å². The summed E-state index contributed by atoms with van der Waals surface area (Å²) in [7, 11) is 1.73. The number of rotatable bonds is 0. The van der Waals surface area contributed by atoms with Crippen LogP contribution < -0.4 is 5.69 Å². The van der Waals surface area contributed by atoms with E-state index in [4.69, 9.17) is 12.2 Å². The van der Waals surface area contributed by atoms with Crippen LogP contribution in [0.3, 0.4) is 0 Å². The van der Waals surface area contributed by atoms with Gasteiger partial charge in [-0.05, 0) is 25.1 Å². The SMILES string of the molecule is Cn1c(=O)n2n(c1=S)CCCC2. The van der Waals surface area contributed by atoms with E-state index in [1.807, 2.05) is 4.68 Å². The highest BCUT2D eigenvalue weighted by atomic mass is 32.1. The van der Waals surface area contributed by atoms with Gasteiger partial charge in [0, 0.05) is 20.1 Å². The molecule has 2 heterocycles. The molecule has 0 saturated heterocycles. The molecule has 0 fully saturated rings. The van der Waals surface area contributed by atoms with Crippen LogP contribution in [0.15, 0.2) is 4.79 Å². The fraction of sp³-hybridized carbons (Fsp3) is 0.714. The average Bonchev–Trinajstić information content (AvgIpc) is 2.33. The van der Waals surface area contributed by atoms with Gasteiger partial charge in [-0.25, -0.2) is 9.48 Å². The highest BCUT2D eigenvalue weighted by Crippen LogP contribution is 2.05. The molecule has 0 bridgehead atoms. The Bertz CT molecular complexity index is 374. The molecule has 0 unspecified atom stereocenters. The first-order chi connectivity index (χ1) is 5.72. The van der Waals surface area contributed by atoms with Crippen molar-refractivity contribution >= 4 is 12.2 Å². The summed E-state index contributed by atoms with van der Waals surface area (Å²) in [6.07, 6.45) is 2.20. The van der Waals surface area contributed by atoms with Gasteiger partial charge in [-0.15, -0.1) is 0 Å². The summed E-state index contributed by atoms with van der Waals surface area (Å²) in [5.41, 5.74) is 0.0136. The van der Waals surface area contributed by atoms with Crippen LogP contribution in [-0.2, 0) is 20.1 Å². The topological polar surface area (TPSA) is 31.9 Å². The molecule has 0 atom stereocenters. The summed E-state index contributed by atoms with van der Waals surface area (Å²) in [5.74, 6) is 0. The fourth-order valence-corrected chi connectivity index (χ4v) is 1.86. The second-order valence-electron chi connectivity index (χ2n) is 3.08. The molecule has 1 aromatic heterocycles. The lowest BCUT2D eigenvalue weighted by Crippen LogP contribution is -2.29. The molecule has 0 saturated carbocycles. The summed E-state index contributed by atoms with van der Waals surface area (Å²) in [4.78, 5) is 11.5. The molecule has 12 heavy (non-hydrogen) atoms. The van der Waals surface area contributed by atoms with Crippen molar-refractivity contribution in [3.8, 4) is 0 Å². The Morgan fingerprint density at radius 2 is 1.83 bits per heavy atom. The van der Waals surface area contributed by atoms with Crippen molar-refractivity contribution in [2.24, 2.45) is 7.05 Å². The van der Waals surface area contributed by atoms with Crippen LogP contribution in [-0.4, -0.2) is 13.9 Å². The molecule has 66 valence electrons. The van der Waals surface area contributed by atoms with Crippen molar-refractivity contribution in [3.05, 3.63) is 15.3 Å². The van der Waals surface area contributed by atoms with Gasteiger partial charge in [-0.1, -0.05) is 0 Å². The molecule has 0 aliphatic carbocycles. The van der Waals surface area contributed by atoms with Crippen LogP contribution in [0.1, 0.15) is 12.8 Å². The van der Waals surface area contributed by atoms with Crippen molar-refractivity contribution < 1.29 is 0 Å². The highest BCUT2D eigenvalue weighted by Gasteiger charge is 2.13. The molecule has 5 heteroatoms. The van der Waals surface area contributed by atoms with Crippen molar-refractivity contribution in [1.29, 1.82) is 0 Å². The van der Waals surface area contributed by atoms with Crippen molar-refractivity contribution in [3.63, 3.8) is 0 Å². The smallest absolute Gasteiger partial charge is 0.271 e. The normalized spacial score (nSPS) is 16.1. The molecular formula is C7H11N3OS. The standard InChI is InChI=1S/C7H11N3OS/c1-8-6(11)9-4-2-3-5-10(9)7(8)12/h2-5H2,1H3. The Morgan fingerprint density at radius 3 is 2.42 bits per heavy atom. The molecule has 1 aliphatic heterocycles. The van der Waals surface area contributed by atoms with Crippen molar-refractivity contribution in [1.82, 2.24) is 13.9 Å². The van der Waals surface area contributed by atoms with Gasteiger partial charge in [0.15, 0.2) is 4.77 Å². The molecule has 0 aromatic carbocycles. The highest BCUT2D eigenvalue weighted by molar-refractivity contribution is 7.71. The minimum atomic E-state index is 0.0136. The van der Waals surface area contributed by atoms with E-state index in [-0.39, 0.29) is 5.69 Å². The summed E-state index contributed by atoms with van der Waals surface area (Å²) >= 11 is 5.11. The molecule has 2 rings (SSSR count). The van der Waals surface area contributed by atoms with E-state index in [0.29, 0.717) is 4.77 Å². The Kier molecular flexibility index (Phi) is 1.68. The van der Waals surface area contributed by atoms with Gasteiger partial charge in [0.1, 0.15) is 0 Å². The Hall–Kier alpha value is -0.840. The Balaban J connectivity index is 2.77. The largest absolute Gasteiger partial charge is 0.344 e. The third-order valence-electron chi connectivity index (χ3n) is 2.30. The predicted octanol–water partition coefficient (Wildman–Crippen LogP) is 0.512. The van der Waals surface area contributed by atoms with Crippen molar-refractivity contribution in [2.75, 3.05) is 0 Å². The van der Waals surface area contributed by atoms with Gasteiger partial charge >= 0.3 is 5.69 Å². The van der Waals surface area contributed by atoms with E-state index in [1.165, 1.54) is 4.57 Å². The monoisotopic (exact) mass is 185 g/mol. The number of nitrogens with zero attached hydrogens (tertiary/aromatic N) is 3. The van der Waals surface area contributed by atoms with E-state index in [0.717, 1.165) is 25.9 Å². The lowest BCUT2D eigenvalue weighted by molar-refractivity contribution is 0.352. The van der Waals surface area contributed by atoms with E-state index in [2.05, 4.69) is 0 Å². The maximum Gasteiger partial charge on any atom is 0.344 e. The van der Waals surface area contributed by atoms with Gasteiger partial charge in [0.2, 0.25) is 0 Å². The molecular weight excluding hydrogens is 174 g/mol. The summed E-state index contributed by atoms with van der Waals surface area (Å²) in [6, 6.07) is 0. The van der Waals surface area contributed by atoms with Crippen LogP contribution in [0, 0.1) is 4.77 Å². The lowest BCUT2D eigenvalue weighted by atomic mass is 10.3. The van der Waals surface area contributed by atoms with Crippen molar-refractivity contribution in [2.45, 2.75) is 25.9 Å². The van der Waals surface area contributed by atoms with E-state index < -0.39 is 0 Å². The summed E-state index contributed by atoms with van der Waals surface area (Å²) < 4.78 is 5.79.